The number of anilines is 1. The van der Waals surface area contributed by atoms with Crippen LogP contribution in [-0.2, 0) is 21.1 Å². The zero-order valence-corrected chi connectivity index (χ0v) is 16.2. The van der Waals surface area contributed by atoms with Gasteiger partial charge in [-0.2, -0.15) is 0 Å². The summed E-state index contributed by atoms with van der Waals surface area (Å²) in [5.74, 6) is 0.809. The van der Waals surface area contributed by atoms with Gasteiger partial charge in [-0.15, -0.1) is 0 Å². The predicted octanol–water partition coefficient (Wildman–Crippen LogP) is 3.56. The molecule has 1 aliphatic heterocycles. The van der Waals surface area contributed by atoms with Gasteiger partial charge in [0.15, 0.2) is 9.84 Å². The fourth-order valence-corrected chi connectivity index (χ4v) is 6.28. The lowest BCUT2D eigenvalue weighted by molar-refractivity contribution is -0.121. The van der Waals surface area contributed by atoms with Crippen LogP contribution in [0.2, 0.25) is 0 Å². The highest BCUT2D eigenvalue weighted by Crippen LogP contribution is 2.54. The SMILES string of the molecule is CS(=O)(=O)c1ccc2c(c1)C1CCCC3C1C(C2)C(=O)N3c1ccccc1. The first-order valence-corrected chi connectivity index (χ1v) is 11.6. The van der Waals surface area contributed by atoms with Crippen LogP contribution in [0.5, 0.6) is 0 Å². The fraction of sp³-hybridized carbons (Fsp3) is 0.409. The van der Waals surface area contributed by atoms with Crippen molar-refractivity contribution in [3.8, 4) is 0 Å². The molecule has 0 aromatic heterocycles. The summed E-state index contributed by atoms with van der Waals surface area (Å²) in [6.45, 7) is 0. The van der Waals surface area contributed by atoms with E-state index in [4.69, 9.17) is 0 Å². The van der Waals surface area contributed by atoms with Crippen molar-refractivity contribution in [3.63, 3.8) is 0 Å². The number of hydrogen-bond acceptors (Lipinski definition) is 3. The van der Waals surface area contributed by atoms with E-state index < -0.39 is 9.84 Å². The molecule has 0 radical (unpaired) electrons. The lowest BCUT2D eigenvalue weighted by Crippen LogP contribution is -2.40. The topological polar surface area (TPSA) is 54.5 Å². The monoisotopic (exact) mass is 381 g/mol. The molecule has 2 aromatic rings. The van der Waals surface area contributed by atoms with E-state index in [1.807, 2.05) is 47.4 Å². The third-order valence-electron chi connectivity index (χ3n) is 6.69. The average molecular weight is 381 g/mol. The summed E-state index contributed by atoms with van der Waals surface area (Å²) in [7, 11) is -3.23. The van der Waals surface area contributed by atoms with Gasteiger partial charge in [0.2, 0.25) is 5.91 Å². The van der Waals surface area contributed by atoms with Crippen molar-refractivity contribution in [2.75, 3.05) is 11.2 Å². The van der Waals surface area contributed by atoms with Crippen LogP contribution in [0.3, 0.4) is 0 Å². The number of carbonyl (C=O) groups is 1. The number of amides is 1. The summed E-state index contributed by atoms with van der Waals surface area (Å²) in [5.41, 5.74) is 3.30. The van der Waals surface area contributed by atoms with Gasteiger partial charge in [0.25, 0.3) is 0 Å². The zero-order chi connectivity index (χ0) is 18.8. The lowest BCUT2D eigenvalue weighted by atomic mass is 9.63. The molecule has 5 rings (SSSR count). The molecule has 4 atom stereocenters. The Bertz CT molecular complexity index is 1020. The first-order valence-electron chi connectivity index (χ1n) is 9.66. The van der Waals surface area contributed by atoms with Crippen molar-refractivity contribution in [1.82, 2.24) is 0 Å². The maximum atomic E-state index is 13.3. The first-order chi connectivity index (χ1) is 12.9. The van der Waals surface area contributed by atoms with Crippen LogP contribution in [0.15, 0.2) is 53.4 Å². The van der Waals surface area contributed by atoms with Crippen LogP contribution < -0.4 is 4.90 Å². The molecule has 1 amide bonds. The maximum absolute atomic E-state index is 13.3. The van der Waals surface area contributed by atoms with Crippen molar-refractivity contribution in [2.24, 2.45) is 11.8 Å². The minimum absolute atomic E-state index is 0.0112. The Labute approximate surface area is 160 Å². The predicted molar refractivity (Wildman–Crippen MR) is 105 cm³/mol. The number of fused-ring (bicyclic) bond motifs is 2. The smallest absolute Gasteiger partial charge is 0.231 e. The number of carbonyl (C=O) groups excluding carboxylic acids is 1. The van der Waals surface area contributed by atoms with Gasteiger partial charge >= 0.3 is 0 Å². The molecule has 140 valence electrons. The summed E-state index contributed by atoms with van der Waals surface area (Å²) in [6, 6.07) is 15.7. The normalized spacial score (nSPS) is 29.4. The summed E-state index contributed by atoms with van der Waals surface area (Å²) in [6.07, 6.45) is 5.12. The highest BCUT2D eigenvalue weighted by molar-refractivity contribution is 7.90. The molecule has 4 nitrogen and oxygen atoms in total. The Morgan fingerprint density at radius 3 is 2.52 bits per heavy atom. The highest BCUT2D eigenvalue weighted by Gasteiger charge is 2.55. The van der Waals surface area contributed by atoms with Crippen LogP contribution in [0.4, 0.5) is 5.69 Å². The van der Waals surface area contributed by atoms with Crippen LogP contribution in [0.1, 0.15) is 36.3 Å². The van der Waals surface area contributed by atoms with Crippen LogP contribution in [0, 0.1) is 11.8 Å². The van der Waals surface area contributed by atoms with E-state index in [1.165, 1.54) is 6.26 Å². The molecule has 0 bridgehead atoms. The standard InChI is InChI=1S/C22H23NO3S/c1-27(25,26)16-11-10-14-12-19-21-17(18(14)13-16)8-5-9-20(21)23(22(19)24)15-6-3-2-4-7-15/h2-4,6-7,10-11,13,17,19-21H,5,8-9,12H2,1H3. The van der Waals surface area contributed by atoms with E-state index in [-0.39, 0.29) is 29.7 Å². The van der Waals surface area contributed by atoms with E-state index in [0.29, 0.717) is 4.90 Å². The number of rotatable bonds is 2. The minimum Gasteiger partial charge on any atom is -0.309 e. The quantitative estimate of drug-likeness (QED) is 0.799. The summed E-state index contributed by atoms with van der Waals surface area (Å²) in [4.78, 5) is 15.8. The minimum atomic E-state index is -3.23. The molecular formula is C22H23NO3S. The lowest BCUT2D eigenvalue weighted by Gasteiger charge is -2.41. The fourth-order valence-electron chi connectivity index (χ4n) is 5.62. The third-order valence-corrected chi connectivity index (χ3v) is 7.80. The molecule has 1 heterocycles. The van der Waals surface area contributed by atoms with Crippen molar-refractivity contribution in [3.05, 3.63) is 59.7 Å². The molecule has 27 heavy (non-hydrogen) atoms. The van der Waals surface area contributed by atoms with Crippen LogP contribution in [0.25, 0.3) is 0 Å². The largest absolute Gasteiger partial charge is 0.309 e. The second-order valence-electron chi connectivity index (χ2n) is 8.17. The zero-order valence-electron chi connectivity index (χ0n) is 15.3. The van der Waals surface area contributed by atoms with Gasteiger partial charge in [0.1, 0.15) is 0 Å². The molecule has 3 aliphatic rings. The van der Waals surface area contributed by atoms with Crippen molar-refractivity contribution < 1.29 is 13.2 Å². The molecular weight excluding hydrogens is 358 g/mol. The van der Waals surface area contributed by atoms with E-state index >= 15 is 0 Å². The molecule has 2 aliphatic carbocycles. The number of nitrogens with zero attached hydrogens (tertiary/aromatic N) is 1. The van der Waals surface area contributed by atoms with Gasteiger partial charge in [0.05, 0.1) is 4.90 Å². The molecule has 1 saturated carbocycles. The van der Waals surface area contributed by atoms with Gasteiger partial charge in [0, 0.05) is 23.9 Å². The Morgan fingerprint density at radius 2 is 1.78 bits per heavy atom. The van der Waals surface area contributed by atoms with E-state index in [1.54, 1.807) is 6.07 Å². The number of para-hydroxylation sites is 1. The first kappa shape index (κ1) is 17.0. The molecule has 5 heteroatoms. The van der Waals surface area contributed by atoms with Gasteiger partial charge < -0.3 is 4.90 Å². The third kappa shape index (κ3) is 2.55. The Hall–Kier alpha value is -2.14. The van der Waals surface area contributed by atoms with E-state index in [9.17, 15) is 13.2 Å². The van der Waals surface area contributed by atoms with Crippen molar-refractivity contribution in [2.45, 2.75) is 42.5 Å². The number of hydrogen-bond donors (Lipinski definition) is 0. The van der Waals surface area contributed by atoms with E-state index in [2.05, 4.69) is 0 Å². The molecule has 2 fully saturated rings. The molecule has 0 spiro atoms. The van der Waals surface area contributed by atoms with Crippen LogP contribution >= 0.6 is 0 Å². The Morgan fingerprint density at radius 1 is 1.00 bits per heavy atom. The molecule has 0 N–H and O–H groups in total. The second-order valence-corrected chi connectivity index (χ2v) is 10.2. The van der Waals surface area contributed by atoms with Gasteiger partial charge in [-0.1, -0.05) is 30.7 Å². The van der Waals surface area contributed by atoms with Gasteiger partial charge in [-0.05, 0) is 66.5 Å². The number of sulfone groups is 1. The van der Waals surface area contributed by atoms with Crippen LogP contribution in [-0.4, -0.2) is 26.6 Å². The van der Waals surface area contributed by atoms with Crippen molar-refractivity contribution in [1.29, 1.82) is 0 Å². The Balaban J connectivity index is 1.61. The number of benzene rings is 2. The Kier molecular flexibility index (Phi) is 3.73. The van der Waals surface area contributed by atoms with Gasteiger partial charge in [-0.25, -0.2) is 8.42 Å². The summed E-state index contributed by atoms with van der Waals surface area (Å²) < 4.78 is 24.1. The summed E-state index contributed by atoms with van der Waals surface area (Å²) in [5, 5.41) is 0. The maximum Gasteiger partial charge on any atom is 0.231 e. The highest BCUT2D eigenvalue weighted by atomic mass is 32.2. The molecule has 2 aromatic carbocycles. The molecule has 1 saturated heterocycles. The second kappa shape index (κ2) is 5.93. The molecule has 4 unspecified atom stereocenters. The van der Waals surface area contributed by atoms with Gasteiger partial charge in [-0.3, -0.25) is 4.79 Å². The van der Waals surface area contributed by atoms with E-state index in [0.717, 1.165) is 42.5 Å². The average Bonchev–Trinajstić information content (AvgIpc) is 2.95. The van der Waals surface area contributed by atoms with Crippen molar-refractivity contribution >= 4 is 21.4 Å². The summed E-state index contributed by atoms with van der Waals surface area (Å²) >= 11 is 0.